The number of benzene rings is 1. The minimum atomic E-state index is -0.491. The van der Waals surface area contributed by atoms with Crippen LogP contribution in [0, 0.1) is 10.1 Å². The number of nitrogens with one attached hydrogen (secondary N) is 1. The summed E-state index contributed by atoms with van der Waals surface area (Å²) in [7, 11) is 0. The molecule has 1 aromatic carbocycles. The molecule has 0 spiro atoms. The molecule has 0 atom stereocenters. The number of nitrogens with zero attached hydrogens (tertiary/aromatic N) is 4. The lowest BCUT2D eigenvalue weighted by Crippen LogP contribution is -2.00. The van der Waals surface area contributed by atoms with Crippen molar-refractivity contribution < 1.29 is 9.66 Å². The summed E-state index contributed by atoms with van der Waals surface area (Å²) in [5.41, 5.74) is 0.544. The number of hydrogen-bond acceptors (Lipinski definition) is 6. The Morgan fingerprint density at radius 2 is 2.00 bits per heavy atom. The third-order valence-electron chi connectivity index (χ3n) is 2.85. The van der Waals surface area contributed by atoms with E-state index >= 15 is 0 Å². The first-order valence-electron chi connectivity index (χ1n) is 6.43. The van der Waals surface area contributed by atoms with E-state index in [1.54, 1.807) is 30.5 Å². The fourth-order valence-corrected chi connectivity index (χ4v) is 1.85. The van der Waals surface area contributed by atoms with Crippen LogP contribution < -0.4 is 4.74 Å². The molecule has 22 heavy (non-hydrogen) atoms. The van der Waals surface area contributed by atoms with Gasteiger partial charge in [0.1, 0.15) is 12.3 Å². The lowest BCUT2D eigenvalue weighted by Gasteiger charge is -2.03. The fraction of sp³-hybridized carbons (Fsp3) is 0.0714. The summed E-state index contributed by atoms with van der Waals surface area (Å²) in [6.45, 7) is 0.0463. The molecule has 3 rings (SSSR count). The van der Waals surface area contributed by atoms with Crippen molar-refractivity contribution >= 4 is 5.69 Å². The summed E-state index contributed by atoms with van der Waals surface area (Å²) >= 11 is 0. The molecule has 0 aliphatic rings. The number of rotatable bonds is 5. The standard InChI is InChI=1S/C14H11N5O3/c20-19(21)11-6-1-2-7-12(11)22-9-13-16-14(18-17-13)10-5-3-4-8-15-10/h1-8H,9H2,(H,16,17,18). The monoisotopic (exact) mass is 297 g/mol. The molecule has 3 aromatic rings. The van der Waals surface area contributed by atoms with Crippen LogP contribution >= 0.6 is 0 Å². The molecule has 0 bridgehead atoms. The summed E-state index contributed by atoms with van der Waals surface area (Å²) in [5.74, 6) is 1.09. The van der Waals surface area contributed by atoms with Gasteiger partial charge < -0.3 is 4.74 Å². The van der Waals surface area contributed by atoms with E-state index in [0.717, 1.165) is 0 Å². The second-order valence-corrected chi connectivity index (χ2v) is 4.33. The molecule has 0 fully saturated rings. The first kappa shape index (κ1) is 13.7. The average Bonchev–Trinajstić information content (AvgIpc) is 3.03. The smallest absolute Gasteiger partial charge is 0.310 e. The normalized spacial score (nSPS) is 10.4. The largest absolute Gasteiger partial charge is 0.479 e. The molecule has 0 aliphatic heterocycles. The SMILES string of the molecule is O=[N+]([O-])c1ccccc1OCc1nc(-c2ccccn2)n[nH]1. The second-order valence-electron chi connectivity index (χ2n) is 4.33. The topological polar surface area (TPSA) is 107 Å². The van der Waals surface area contributed by atoms with Crippen molar-refractivity contribution in [2.45, 2.75) is 6.61 Å². The van der Waals surface area contributed by atoms with E-state index in [4.69, 9.17) is 4.74 Å². The molecule has 0 amide bonds. The molecule has 0 saturated carbocycles. The number of aromatic amines is 1. The van der Waals surface area contributed by atoms with Crippen LogP contribution in [0.15, 0.2) is 48.7 Å². The third-order valence-corrected chi connectivity index (χ3v) is 2.85. The number of nitro benzene ring substituents is 1. The van der Waals surface area contributed by atoms with Gasteiger partial charge in [0, 0.05) is 12.3 Å². The highest BCUT2D eigenvalue weighted by atomic mass is 16.6. The molecule has 8 nitrogen and oxygen atoms in total. The molecule has 110 valence electrons. The van der Waals surface area contributed by atoms with Gasteiger partial charge in [0.05, 0.1) is 4.92 Å². The molecular formula is C14H11N5O3. The van der Waals surface area contributed by atoms with E-state index in [1.165, 1.54) is 12.1 Å². The van der Waals surface area contributed by atoms with Gasteiger partial charge >= 0.3 is 5.69 Å². The summed E-state index contributed by atoms with van der Waals surface area (Å²) in [5, 5.41) is 17.7. The van der Waals surface area contributed by atoms with Crippen LogP contribution in [0.1, 0.15) is 5.82 Å². The van der Waals surface area contributed by atoms with E-state index in [9.17, 15) is 10.1 Å². The predicted molar refractivity (Wildman–Crippen MR) is 77.0 cm³/mol. The number of para-hydroxylation sites is 2. The van der Waals surface area contributed by atoms with E-state index < -0.39 is 4.92 Å². The number of pyridine rings is 1. The molecule has 1 N–H and O–H groups in total. The van der Waals surface area contributed by atoms with Crippen LogP contribution in [0.5, 0.6) is 5.75 Å². The molecule has 2 aromatic heterocycles. The van der Waals surface area contributed by atoms with Gasteiger partial charge in [-0.05, 0) is 18.2 Å². The first-order chi connectivity index (χ1) is 10.7. The van der Waals surface area contributed by atoms with E-state index in [2.05, 4.69) is 20.2 Å². The zero-order valence-electron chi connectivity index (χ0n) is 11.3. The van der Waals surface area contributed by atoms with Crippen LogP contribution in [0.25, 0.3) is 11.5 Å². The van der Waals surface area contributed by atoms with Crippen molar-refractivity contribution in [2.75, 3.05) is 0 Å². The van der Waals surface area contributed by atoms with Crippen molar-refractivity contribution in [1.82, 2.24) is 20.2 Å². The highest BCUT2D eigenvalue weighted by Gasteiger charge is 2.14. The molecule has 0 aliphatic carbocycles. The Hall–Kier alpha value is -3.29. The van der Waals surface area contributed by atoms with Gasteiger partial charge in [-0.2, -0.15) is 5.10 Å². The second kappa shape index (κ2) is 6.00. The Kier molecular flexibility index (Phi) is 3.73. The minimum absolute atomic E-state index is 0.0463. The fourth-order valence-electron chi connectivity index (χ4n) is 1.85. The maximum Gasteiger partial charge on any atom is 0.310 e. The highest BCUT2D eigenvalue weighted by Crippen LogP contribution is 2.26. The van der Waals surface area contributed by atoms with Crippen molar-refractivity contribution in [3.8, 4) is 17.3 Å². The van der Waals surface area contributed by atoms with Gasteiger partial charge in [0.15, 0.2) is 17.4 Å². The first-order valence-corrected chi connectivity index (χ1v) is 6.43. The van der Waals surface area contributed by atoms with Gasteiger partial charge in [-0.15, -0.1) is 0 Å². The average molecular weight is 297 g/mol. The number of H-pyrrole nitrogens is 1. The Morgan fingerprint density at radius 3 is 2.77 bits per heavy atom. The van der Waals surface area contributed by atoms with Crippen LogP contribution in [-0.4, -0.2) is 25.1 Å². The van der Waals surface area contributed by atoms with Gasteiger partial charge in [-0.3, -0.25) is 20.2 Å². The molecule has 2 heterocycles. The minimum Gasteiger partial charge on any atom is -0.479 e. The lowest BCUT2D eigenvalue weighted by molar-refractivity contribution is -0.385. The number of hydrogen-bond donors (Lipinski definition) is 1. The van der Waals surface area contributed by atoms with Crippen molar-refractivity contribution in [3.05, 3.63) is 64.6 Å². The quantitative estimate of drug-likeness (QED) is 0.572. The van der Waals surface area contributed by atoms with Crippen molar-refractivity contribution in [3.63, 3.8) is 0 Å². The van der Waals surface area contributed by atoms with Crippen molar-refractivity contribution in [1.29, 1.82) is 0 Å². The Balaban J connectivity index is 1.73. The maximum atomic E-state index is 10.9. The van der Waals surface area contributed by atoms with E-state index in [1.807, 2.05) is 6.07 Å². The Labute approximate surface area is 125 Å². The van der Waals surface area contributed by atoms with Crippen molar-refractivity contribution in [2.24, 2.45) is 0 Å². The Morgan fingerprint density at radius 1 is 1.18 bits per heavy atom. The number of ether oxygens (including phenoxy) is 1. The number of nitro groups is 1. The molecule has 0 unspecified atom stereocenters. The van der Waals surface area contributed by atoms with Gasteiger partial charge in [0.2, 0.25) is 0 Å². The molecular weight excluding hydrogens is 286 g/mol. The van der Waals surface area contributed by atoms with Gasteiger partial charge in [-0.1, -0.05) is 18.2 Å². The van der Waals surface area contributed by atoms with Gasteiger partial charge in [-0.25, -0.2) is 4.98 Å². The van der Waals surface area contributed by atoms with Crippen LogP contribution in [0.4, 0.5) is 5.69 Å². The predicted octanol–water partition coefficient (Wildman–Crippen LogP) is 2.35. The molecule has 8 heteroatoms. The van der Waals surface area contributed by atoms with Gasteiger partial charge in [0.25, 0.3) is 0 Å². The maximum absolute atomic E-state index is 10.9. The van der Waals surface area contributed by atoms with E-state index in [-0.39, 0.29) is 18.0 Å². The van der Waals surface area contributed by atoms with E-state index in [0.29, 0.717) is 17.3 Å². The highest BCUT2D eigenvalue weighted by molar-refractivity contribution is 5.48. The summed E-state index contributed by atoms with van der Waals surface area (Å²) in [4.78, 5) is 18.8. The molecule has 0 saturated heterocycles. The Bertz CT molecular complexity index is 788. The molecule has 0 radical (unpaired) electrons. The summed E-state index contributed by atoms with van der Waals surface area (Å²) in [6, 6.07) is 11.6. The number of aromatic nitrogens is 4. The van der Waals surface area contributed by atoms with Crippen LogP contribution in [-0.2, 0) is 6.61 Å². The summed E-state index contributed by atoms with van der Waals surface area (Å²) < 4.78 is 5.44. The zero-order valence-corrected chi connectivity index (χ0v) is 11.3. The third kappa shape index (κ3) is 2.90. The summed E-state index contributed by atoms with van der Waals surface area (Å²) in [6.07, 6.45) is 1.65. The lowest BCUT2D eigenvalue weighted by atomic mass is 10.3. The van der Waals surface area contributed by atoms with Crippen LogP contribution in [0.3, 0.4) is 0 Å². The van der Waals surface area contributed by atoms with Crippen LogP contribution in [0.2, 0.25) is 0 Å². The zero-order chi connectivity index (χ0) is 15.4.